The lowest BCUT2D eigenvalue weighted by Crippen LogP contribution is -2.60. The number of benzene rings is 4. The molecule has 0 radical (unpaired) electrons. The number of ketones is 1. The fourth-order valence-corrected chi connectivity index (χ4v) is 6.51. The molecule has 2 aliphatic rings. The monoisotopic (exact) mass is 714 g/mol. The first-order chi connectivity index (χ1) is 24.8. The van der Waals surface area contributed by atoms with Crippen molar-refractivity contribution in [3.05, 3.63) is 93.7 Å². The Labute approximate surface area is 292 Å². The number of aliphatic hydroxyl groups excluding tert-OH is 4. The minimum atomic E-state index is -1.95. The second kappa shape index (κ2) is 12.9. The minimum absolute atomic E-state index is 0.0420. The highest BCUT2D eigenvalue weighted by Gasteiger charge is 2.45. The maximum Gasteiger partial charge on any atom is 0.229 e. The van der Waals surface area contributed by atoms with Crippen molar-refractivity contribution in [2.75, 3.05) is 6.61 Å². The number of carbonyl (C=O) groups is 1. The number of rotatable bonds is 6. The highest BCUT2D eigenvalue weighted by Crippen LogP contribution is 2.48. The van der Waals surface area contributed by atoms with Crippen LogP contribution in [0.25, 0.3) is 39.0 Å². The van der Waals surface area contributed by atoms with Gasteiger partial charge in [-0.3, -0.25) is 9.59 Å². The molecular weight excluding hydrogens is 684 g/mol. The summed E-state index contributed by atoms with van der Waals surface area (Å²) in [7, 11) is 0. The van der Waals surface area contributed by atoms with Gasteiger partial charge in [0.2, 0.25) is 11.7 Å². The first-order valence-electron chi connectivity index (χ1n) is 15.7. The van der Waals surface area contributed by atoms with E-state index in [2.05, 4.69) is 0 Å². The summed E-state index contributed by atoms with van der Waals surface area (Å²) in [6, 6.07) is 12.1. The van der Waals surface area contributed by atoms with Crippen LogP contribution in [0.2, 0.25) is 0 Å². The SMILES string of the molecule is O=C1C=C(c2ccc(O)c(O)c2)Cc2c1c(O)cc(O[C@@H]1O[C@H](CO)[C@@H](O)[C@@H](O)[C@H]1O)c2-c1c(-c2ccc(O)cc2)oc2cc(O)cc(O)c2c1=O. The third-order valence-electron chi connectivity index (χ3n) is 9.07. The van der Waals surface area contributed by atoms with Gasteiger partial charge in [-0.2, -0.15) is 0 Å². The Balaban J connectivity index is 1.55. The maximum atomic E-state index is 14.7. The molecule has 1 saturated heterocycles. The first-order valence-corrected chi connectivity index (χ1v) is 15.7. The van der Waals surface area contributed by atoms with Crippen LogP contribution in [-0.4, -0.2) is 94.2 Å². The number of hydrogen-bond acceptors (Lipinski definition) is 15. The Bertz CT molecular complexity index is 2340. The molecule has 10 N–H and O–H groups in total. The second-order valence-electron chi connectivity index (χ2n) is 12.4. The van der Waals surface area contributed by atoms with Crippen LogP contribution in [0.4, 0.5) is 0 Å². The zero-order chi connectivity index (χ0) is 37.2. The Morgan fingerprint density at radius 2 is 1.40 bits per heavy atom. The van der Waals surface area contributed by atoms with E-state index in [0.29, 0.717) is 0 Å². The number of allylic oxidation sites excluding steroid dienone is 2. The average molecular weight is 715 g/mol. The number of aliphatic hydroxyl groups is 4. The van der Waals surface area contributed by atoms with Crippen LogP contribution < -0.4 is 10.2 Å². The topological polar surface area (TPSA) is 268 Å². The summed E-state index contributed by atoms with van der Waals surface area (Å²) in [5.74, 6) is -4.22. The lowest BCUT2D eigenvalue weighted by Gasteiger charge is -2.40. The van der Waals surface area contributed by atoms with Crippen LogP contribution in [0, 0.1) is 0 Å². The van der Waals surface area contributed by atoms with E-state index >= 15 is 0 Å². The molecular formula is C37H30O15. The van der Waals surface area contributed by atoms with Crippen molar-refractivity contribution < 1.29 is 69.8 Å². The molecule has 1 aliphatic carbocycles. The summed E-state index contributed by atoms with van der Waals surface area (Å²) >= 11 is 0. The van der Waals surface area contributed by atoms with E-state index < -0.39 is 88.4 Å². The normalized spacial score (nSPS) is 21.5. The number of aromatic hydroxyl groups is 6. The van der Waals surface area contributed by atoms with E-state index in [1.807, 2.05) is 0 Å². The van der Waals surface area contributed by atoms with Gasteiger partial charge in [0.15, 0.2) is 17.3 Å². The molecule has 4 aromatic carbocycles. The Kier molecular flexibility index (Phi) is 8.52. The van der Waals surface area contributed by atoms with Crippen molar-refractivity contribution in [3.8, 4) is 62.7 Å². The highest BCUT2D eigenvalue weighted by molar-refractivity contribution is 6.15. The minimum Gasteiger partial charge on any atom is -0.508 e. The van der Waals surface area contributed by atoms with Gasteiger partial charge >= 0.3 is 0 Å². The van der Waals surface area contributed by atoms with E-state index in [-0.39, 0.29) is 62.5 Å². The number of fused-ring (bicyclic) bond motifs is 2. The highest BCUT2D eigenvalue weighted by atomic mass is 16.7. The maximum absolute atomic E-state index is 14.7. The van der Waals surface area contributed by atoms with Crippen LogP contribution in [-0.2, 0) is 11.2 Å². The zero-order valence-corrected chi connectivity index (χ0v) is 26.7. The summed E-state index contributed by atoms with van der Waals surface area (Å²) in [4.78, 5) is 28.5. The second-order valence-corrected chi connectivity index (χ2v) is 12.4. The third kappa shape index (κ3) is 5.71. The summed E-state index contributed by atoms with van der Waals surface area (Å²) in [6.45, 7) is -0.805. The Morgan fingerprint density at radius 1 is 0.692 bits per heavy atom. The summed E-state index contributed by atoms with van der Waals surface area (Å²) in [5.41, 5.74) is -1.38. The van der Waals surface area contributed by atoms with Crippen molar-refractivity contribution in [1.29, 1.82) is 0 Å². The molecule has 0 spiro atoms. The van der Waals surface area contributed by atoms with Gasteiger partial charge in [0, 0.05) is 29.3 Å². The van der Waals surface area contributed by atoms with Crippen molar-refractivity contribution in [1.82, 2.24) is 0 Å². The number of hydrogen-bond donors (Lipinski definition) is 10. The molecule has 1 aromatic heterocycles. The average Bonchev–Trinajstić information content (AvgIpc) is 3.10. The first kappa shape index (κ1) is 34.4. The molecule has 7 rings (SSSR count). The molecule has 0 bridgehead atoms. The van der Waals surface area contributed by atoms with Crippen LogP contribution in [0.5, 0.6) is 40.2 Å². The predicted octanol–water partition coefficient (Wildman–Crippen LogP) is 2.36. The summed E-state index contributed by atoms with van der Waals surface area (Å²) in [6.07, 6.45) is -7.90. The third-order valence-corrected chi connectivity index (χ3v) is 9.07. The van der Waals surface area contributed by atoms with Crippen molar-refractivity contribution in [2.45, 2.75) is 37.1 Å². The molecule has 0 saturated carbocycles. The van der Waals surface area contributed by atoms with Gasteiger partial charge in [0.1, 0.15) is 69.9 Å². The van der Waals surface area contributed by atoms with Gasteiger partial charge in [0.25, 0.3) is 0 Å². The number of phenolic OH excluding ortho intramolecular Hbond substituents is 6. The predicted molar refractivity (Wildman–Crippen MR) is 180 cm³/mol. The summed E-state index contributed by atoms with van der Waals surface area (Å²) in [5, 5.41) is 104. The molecule has 1 aliphatic heterocycles. The standard InChI is InChI=1S/C37H30O15/c38-13-27-32(46)34(48)35(49)37(52-27)51-26-12-24(45)28-19(7-16(9-22(28)43)15-3-6-20(41)21(42)8-15)29(26)31-33(47)30-23(44)10-18(40)11-25(30)50-36(31)14-1-4-17(39)5-2-14/h1-6,8-12,27,32,34-35,37-42,44-46,48-49H,7,13H2/t27-,32-,34-,35-,37-/m1/s1. The van der Waals surface area contributed by atoms with E-state index in [1.54, 1.807) is 0 Å². The summed E-state index contributed by atoms with van der Waals surface area (Å²) < 4.78 is 17.8. The molecule has 1 fully saturated rings. The molecule has 5 aromatic rings. The van der Waals surface area contributed by atoms with Gasteiger partial charge in [-0.1, -0.05) is 6.07 Å². The van der Waals surface area contributed by atoms with Crippen molar-refractivity contribution >= 4 is 22.3 Å². The van der Waals surface area contributed by atoms with E-state index in [0.717, 1.165) is 18.2 Å². The Hall–Kier alpha value is -6.10. The fourth-order valence-electron chi connectivity index (χ4n) is 6.51. The quantitative estimate of drug-likeness (QED) is 0.113. The van der Waals surface area contributed by atoms with E-state index in [4.69, 9.17) is 13.9 Å². The zero-order valence-electron chi connectivity index (χ0n) is 26.7. The van der Waals surface area contributed by atoms with Crippen LogP contribution in [0.3, 0.4) is 0 Å². The lowest BCUT2D eigenvalue weighted by atomic mass is 9.81. The molecule has 5 atom stereocenters. The molecule has 15 heteroatoms. The van der Waals surface area contributed by atoms with Gasteiger partial charge in [0.05, 0.1) is 17.7 Å². The number of ether oxygens (including phenoxy) is 2. The van der Waals surface area contributed by atoms with Crippen LogP contribution in [0.15, 0.2) is 76.0 Å². The van der Waals surface area contributed by atoms with E-state index in [1.165, 1.54) is 48.5 Å². The molecule has 15 nitrogen and oxygen atoms in total. The van der Waals surface area contributed by atoms with Crippen molar-refractivity contribution in [2.24, 2.45) is 0 Å². The molecule has 52 heavy (non-hydrogen) atoms. The van der Waals surface area contributed by atoms with E-state index in [9.17, 15) is 60.7 Å². The van der Waals surface area contributed by atoms with Crippen LogP contribution >= 0.6 is 0 Å². The Morgan fingerprint density at radius 3 is 2.10 bits per heavy atom. The van der Waals surface area contributed by atoms with Gasteiger partial charge in [-0.15, -0.1) is 0 Å². The van der Waals surface area contributed by atoms with Gasteiger partial charge < -0.3 is 65.0 Å². The molecule has 0 amide bonds. The number of phenols is 6. The molecule has 0 unspecified atom stereocenters. The number of carbonyl (C=O) groups excluding carboxylic acids is 1. The lowest BCUT2D eigenvalue weighted by molar-refractivity contribution is -0.277. The van der Waals surface area contributed by atoms with Gasteiger partial charge in [-0.05, 0) is 65.6 Å². The molecule has 2 heterocycles. The largest absolute Gasteiger partial charge is 0.508 e. The smallest absolute Gasteiger partial charge is 0.229 e. The molecule has 268 valence electrons. The van der Waals surface area contributed by atoms with Crippen LogP contribution in [0.1, 0.15) is 21.5 Å². The van der Waals surface area contributed by atoms with Gasteiger partial charge in [-0.25, -0.2) is 0 Å². The fraction of sp³-hybridized carbons (Fsp3) is 0.189. The van der Waals surface area contributed by atoms with Crippen molar-refractivity contribution in [3.63, 3.8) is 0 Å².